The van der Waals surface area contributed by atoms with Crippen molar-refractivity contribution in [2.24, 2.45) is 0 Å². The zero-order valence-corrected chi connectivity index (χ0v) is 18.9. The number of methoxy groups -OCH3 is 2. The molecule has 2 atom stereocenters. The molecule has 5 rings (SSSR count). The number of nitrogens with zero attached hydrogens (tertiary/aromatic N) is 5. The van der Waals surface area contributed by atoms with Crippen molar-refractivity contribution >= 4 is 28.4 Å². The van der Waals surface area contributed by atoms with E-state index in [9.17, 15) is 4.79 Å². The monoisotopic (exact) mass is 449 g/mol. The van der Waals surface area contributed by atoms with Gasteiger partial charge in [0.25, 0.3) is 5.91 Å². The molecule has 1 aliphatic rings. The quantitative estimate of drug-likeness (QED) is 0.425. The molecule has 0 bridgehead atoms. The molecule has 0 aromatic carbocycles. The van der Waals surface area contributed by atoms with Crippen LogP contribution in [0, 0.1) is 0 Å². The van der Waals surface area contributed by atoms with Gasteiger partial charge in [0.15, 0.2) is 5.65 Å². The third kappa shape index (κ3) is 3.70. The minimum atomic E-state index is -0.201. The molecule has 4 heterocycles. The second-order valence-corrected chi connectivity index (χ2v) is 8.11. The minimum Gasteiger partial charge on any atom is -0.383 e. The van der Waals surface area contributed by atoms with Crippen molar-refractivity contribution < 1.29 is 14.3 Å². The lowest BCUT2D eigenvalue weighted by atomic mass is 9.89. The van der Waals surface area contributed by atoms with E-state index in [1.807, 2.05) is 31.4 Å². The number of hydrogen-bond acceptors (Lipinski definition) is 7. The second kappa shape index (κ2) is 8.80. The maximum Gasteiger partial charge on any atom is 0.257 e. The number of nitrogens with one attached hydrogen (secondary N) is 2. The molecular formula is C23H27N7O3. The van der Waals surface area contributed by atoms with Crippen LogP contribution < -0.4 is 10.6 Å². The predicted molar refractivity (Wildman–Crippen MR) is 124 cm³/mol. The molecule has 1 fully saturated rings. The number of fused-ring (bicyclic) bond motifs is 2. The van der Waals surface area contributed by atoms with Crippen molar-refractivity contribution in [2.75, 3.05) is 33.2 Å². The summed E-state index contributed by atoms with van der Waals surface area (Å²) in [6.07, 6.45) is 7.27. The lowest BCUT2D eigenvalue weighted by Gasteiger charge is -2.35. The van der Waals surface area contributed by atoms with E-state index >= 15 is 0 Å². The number of ether oxygens (including phenoxy) is 2. The number of aromatic nitrogens is 5. The Morgan fingerprint density at radius 3 is 2.88 bits per heavy atom. The predicted octanol–water partition coefficient (Wildman–Crippen LogP) is 2.34. The van der Waals surface area contributed by atoms with Crippen LogP contribution in [0.3, 0.4) is 0 Å². The largest absolute Gasteiger partial charge is 0.383 e. The van der Waals surface area contributed by atoms with E-state index in [4.69, 9.17) is 14.5 Å². The van der Waals surface area contributed by atoms with Crippen LogP contribution in [-0.2, 0) is 16.0 Å². The standard InChI is InChI=1S/C23H27N7O3/c1-24-20-11-18(16-13-29(9-10-32-2)21-14(16)5-4-8-25-21)27-22-15(12-26-30(20)22)23(31)28-17-6-7-19(17)33-3/h4-5,8,11-13,17,19,24H,6-7,9-10H2,1-3H3,(H,28,31)/t17-,19-/m0/s1. The zero-order chi connectivity index (χ0) is 22.9. The van der Waals surface area contributed by atoms with Crippen LogP contribution in [0.1, 0.15) is 23.2 Å². The van der Waals surface area contributed by atoms with E-state index in [1.165, 1.54) is 0 Å². The Labute approximate surface area is 190 Å². The molecule has 1 aliphatic carbocycles. The maximum absolute atomic E-state index is 13.1. The Kier molecular flexibility index (Phi) is 5.69. The van der Waals surface area contributed by atoms with Gasteiger partial charge in [-0.25, -0.2) is 9.97 Å². The Morgan fingerprint density at radius 1 is 1.27 bits per heavy atom. The molecule has 0 aliphatic heterocycles. The Balaban J connectivity index is 1.59. The highest BCUT2D eigenvalue weighted by atomic mass is 16.5. The van der Waals surface area contributed by atoms with Gasteiger partial charge in [-0.2, -0.15) is 9.61 Å². The van der Waals surface area contributed by atoms with Gasteiger partial charge in [0.1, 0.15) is 17.0 Å². The summed E-state index contributed by atoms with van der Waals surface area (Å²) < 4.78 is 14.4. The van der Waals surface area contributed by atoms with Crippen LogP contribution in [0.2, 0.25) is 0 Å². The molecule has 33 heavy (non-hydrogen) atoms. The van der Waals surface area contributed by atoms with Crippen molar-refractivity contribution in [2.45, 2.75) is 31.5 Å². The molecular weight excluding hydrogens is 422 g/mol. The number of carbonyl (C=O) groups is 1. The Bertz CT molecular complexity index is 1310. The molecule has 0 saturated heterocycles. The molecule has 0 unspecified atom stereocenters. The maximum atomic E-state index is 13.1. The van der Waals surface area contributed by atoms with E-state index in [2.05, 4.69) is 25.3 Å². The van der Waals surface area contributed by atoms with E-state index in [1.54, 1.807) is 31.1 Å². The molecule has 10 heteroatoms. The number of anilines is 1. The summed E-state index contributed by atoms with van der Waals surface area (Å²) >= 11 is 0. The first-order valence-corrected chi connectivity index (χ1v) is 11.0. The smallest absolute Gasteiger partial charge is 0.257 e. The molecule has 172 valence electrons. The van der Waals surface area contributed by atoms with E-state index in [-0.39, 0.29) is 18.1 Å². The summed E-state index contributed by atoms with van der Waals surface area (Å²) in [7, 11) is 5.17. The van der Waals surface area contributed by atoms with Crippen LogP contribution >= 0.6 is 0 Å². The summed E-state index contributed by atoms with van der Waals surface area (Å²) in [5.41, 5.74) is 3.44. The lowest BCUT2D eigenvalue weighted by molar-refractivity contribution is 0.00732. The van der Waals surface area contributed by atoms with Crippen LogP contribution in [0.25, 0.3) is 27.9 Å². The number of hydrogen-bond donors (Lipinski definition) is 2. The van der Waals surface area contributed by atoms with Gasteiger partial charge >= 0.3 is 0 Å². The van der Waals surface area contributed by atoms with Crippen molar-refractivity contribution in [3.05, 3.63) is 42.4 Å². The normalized spacial score (nSPS) is 17.9. The topological polar surface area (TPSA) is 108 Å². The van der Waals surface area contributed by atoms with Crippen LogP contribution in [0.5, 0.6) is 0 Å². The Morgan fingerprint density at radius 2 is 2.15 bits per heavy atom. The SMILES string of the molecule is CNc1cc(-c2cn(CCOC)c3ncccc23)nc2c(C(=O)N[C@H]3CC[C@@H]3OC)cnn12. The molecule has 2 N–H and O–H groups in total. The Hall–Kier alpha value is -3.50. The van der Waals surface area contributed by atoms with Gasteiger partial charge in [-0.3, -0.25) is 4.79 Å². The minimum absolute atomic E-state index is 0.00855. The van der Waals surface area contributed by atoms with E-state index < -0.39 is 0 Å². The first kappa shape index (κ1) is 21.4. The van der Waals surface area contributed by atoms with Gasteiger partial charge in [0, 0.05) is 57.2 Å². The summed E-state index contributed by atoms with van der Waals surface area (Å²) in [6.45, 7) is 1.25. The number of rotatable bonds is 8. The molecule has 4 aromatic rings. The summed E-state index contributed by atoms with van der Waals surface area (Å²) in [5, 5.41) is 11.6. The van der Waals surface area contributed by atoms with Gasteiger partial charge in [0.2, 0.25) is 0 Å². The van der Waals surface area contributed by atoms with Gasteiger partial charge < -0.3 is 24.7 Å². The van der Waals surface area contributed by atoms with Gasteiger partial charge in [0.05, 0.1) is 30.6 Å². The van der Waals surface area contributed by atoms with Gasteiger partial charge in [-0.05, 0) is 25.0 Å². The van der Waals surface area contributed by atoms with Gasteiger partial charge in [-0.1, -0.05) is 0 Å². The average Bonchev–Trinajstić information content (AvgIpc) is 3.42. The van der Waals surface area contributed by atoms with Crippen molar-refractivity contribution in [1.29, 1.82) is 0 Å². The average molecular weight is 450 g/mol. The fraction of sp³-hybridized carbons (Fsp3) is 0.391. The molecule has 0 spiro atoms. The fourth-order valence-electron chi connectivity index (χ4n) is 4.29. The molecule has 0 radical (unpaired) electrons. The van der Waals surface area contributed by atoms with Crippen LogP contribution in [-0.4, -0.2) is 70.1 Å². The summed E-state index contributed by atoms with van der Waals surface area (Å²) in [6, 6.07) is 5.87. The highest BCUT2D eigenvalue weighted by Crippen LogP contribution is 2.31. The number of amides is 1. The van der Waals surface area contributed by atoms with Crippen LogP contribution in [0.15, 0.2) is 36.8 Å². The highest BCUT2D eigenvalue weighted by molar-refractivity contribution is 6.01. The molecule has 10 nitrogen and oxygen atoms in total. The van der Waals surface area contributed by atoms with Crippen molar-refractivity contribution in [1.82, 2.24) is 29.5 Å². The number of carbonyl (C=O) groups excluding carboxylic acids is 1. The third-order valence-corrected chi connectivity index (χ3v) is 6.25. The van der Waals surface area contributed by atoms with Gasteiger partial charge in [-0.15, -0.1) is 0 Å². The van der Waals surface area contributed by atoms with E-state index in [0.717, 1.165) is 41.0 Å². The molecule has 1 saturated carbocycles. The zero-order valence-electron chi connectivity index (χ0n) is 18.9. The summed E-state index contributed by atoms with van der Waals surface area (Å²) in [5.74, 6) is 0.529. The second-order valence-electron chi connectivity index (χ2n) is 8.11. The fourth-order valence-corrected chi connectivity index (χ4v) is 4.29. The van der Waals surface area contributed by atoms with E-state index in [0.29, 0.717) is 24.4 Å². The summed E-state index contributed by atoms with van der Waals surface area (Å²) in [4.78, 5) is 22.5. The molecule has 4 aromatic heterocycles. The highest BCUT2D eigenvalue weighted by Gasteiger charge is 2.33. The van der Waals surface area contributed by atoms with Crippen molar-refractivity contribution in [3.63, 3.8) is 0 Å². The number of pyridine rings is 1. The van der Waals surface area contributed by atoms with Crippen LogP contribution in [0.4, 0.5) is 5.82 Å². The lowest BCUT2D eigenvalue weighted by Crippen LogP contribution is -2.51. The first-order chi connectivity index (χ1) is 16.1. The first-order valence-electron chi connectivity index (χ1n) is 11.0. The molecule has 1 amide bonds. The van der Waals surface area contributed by atoms with Crippen molar-refractivity contribution in [3.8, 4) is 11.3 Å². The third-order valence-electron chi connectivity index (χ3n) is 6.25.